The van der Waals surface area contributed by atoms with E-state index in [9.17, 15) is 8.22 Å². The first-order chi connectivity index (χ1) is 5.99. The van der Waals surface area contributed by atoms with E-state index < -0.39 is 16.1 Å². The van der Waals surface area contributed by atoms with Crippen molar-refractivity contribution < 1.29 is 22.2 Å². The maximum absolute atomic E-state index is 12.4. The molecule has 0 heterocycles. The number of rotatable bonds is 7. The minimum atomic E-state index is -3.91. The number of halogens is 2. The largest absolute Gasteiger partial charge is 0.639 e. The van der Waals surface area contributed by atoms with Crippen LogP contribution in [0.15, 0.2) is 0 Å². The smallest absolute Gasteiger partial charge is 0.389 e. The molecule has 0 fully saturated rings. The standard InChI is InChI=1S/C6H15BF2O3Si/c1-10-7(11-2)12-5-4-6-13(3,8)9/h4-6H2,1-3H3. The van der Waals surface area contributed by atoms with E-state index in [-0.39, 0.29) is 12.7 Å². The van der Waals surface area contributed by atoms with Crippen molar-refractivity contribution in [1.29, 1.82) is 0 Å². The van der Waals surface area contributed by atoms with Gasteiger partial charge in [0.1, 0.15) is 0 Å². The molecule has 0 rings (SSSR count). The average Bonchev–Trinajstić information content (AvgIpc) is 2.03. The van der Waals surface area contributed by atoms with Crippen molar-refractivity contribution in [1.82, 2.24) is 0 Å². The number of hydrogen-bond acceptors (Lipinski definition) is 3. The lowest BCUT2D eigenvalue weighted by atomic mass is 10.2. The lowest BCUT2D eigenvalue weighted by Crippen LogP contribution is -2.25. The summed E-state index contributed by atoms with van der Waals surface area (Å²) >= 11 is 0. The van der Waals surface area contributed by atoms with Crippen LogP contribution in [0.1, 0.15) is 6.42 Å². The van der Waals surface area contributed by atoms with E-state index in [2.05, 4.69) is 0 Å². The monoisotopic (exact) mass is 212 g/mol. The van der Waals surface area contributed by atoms with Crippen LogP contribution < -0.4 is 0 Å². The molecule has 0 saturated heterocycles. The molecule has 0 radical (unpaired) electrons. The van der Waals surface area contributed by atoms with Crippen molar-refractivity contribution in [3.8, 4) is 0 Å². The van der Waals surface area contributed by atoms with Crippen molar-refractivity contribution in [3.05, 3.63) is 0 Å². The van der Waals surface area contributed by atoms with Gasteiger partial charge in [-0.25, -0.2) is 0 Å². The summed E-state index contributed by atoms with van der Waals surface area (Å²) in [5, 5.41) is 0. The van der Waals surface area contributed by atoms with Crippen LogP contribution >= 0.6 is 0 Å². The second-order valence-corrected chi connectivity index (χ2v) is 5.45. The molecule has 13 heavy (non-hydrogen) atoms. The fraction of sp³-hybridized carbons (Fsp3) is 1.00. The topological polar surface area (TPSA) is 27.7 Å². The predicted octanol–water partition coefficient (Wildman–Crippen LogP) is 1.68. The normalized spacial score (nSPS) is 11.8. The quantitative estimate of drug-likeness (QED) is 0.365. The van der Waals surface area contributed by atoms with Crippen LogP contribution in [0.5, 0.6) is 0 Å². The van der Waals surface area contributed by atoms with Crippen LogP contribution in [-0.4, -0.2) is 36.9 Å². The zero-order valence-corrected chi connectivity index (χ0v) is 9.18. The highest BCUT2D eigenvalue weighted by molar-refractivity contribution is 6.64. The van der Waals surface area contributed by atoms with Gasteiger partial charge in [0.25, 0.3) is 0 Å². The highest BCUT2D eigenvalue weighted by Crippen LogP contribution is 2.14. The van der Waals surface area contributed by atoms with Gasteiger partial charge in [0, 0.05) is 26.9 Å². The first-order valence-electron chi connectivity index (χ1n) is 4.04. The molecule has 0 bridgehead atoms. The Bertz CT molecular complexity index is 130. The van der Waals surface area contributed by atoms with Crippen molar-refractivity contribution in [2.75, 3.05) is 20.8 Å². The Hall–Kier alpha value is 0.0218. The third-order valence-corrected chi connectivity index (χ3v) is 2.63. The zero-order chi connectivity index (χ0) is 10.3. The summed E-state index contributed by atoms with van der Waals surface area (Å²) < 4.78 is 39.3. The molecule has 78 valence electrons. The molecule has 0 unspecified atom stereocenters. The summed E-state index contributed by atoms with van der Waals surface area (Å²) in [6, 6.07) is -0.0485. The number of hydrogen-bond donors (Lipinski definition) is 0. The first-order valence-corrected chi connectivity index (χ1v) is 6.51. The molecule has 0 N–H and O–H groups in total. The molecular weight excluding hydrogens is 197 g/mol. The van der Waals surface area contributed by atoms with Gasteiger partial charge < -0.3 is 14.0 Å². The van der Waals surface area contributed by atoms with Crippen LogP contribution in [-0.2, 0) is 14.0 Å². The van der Waals surface area contributed by atoms with Crippen molar-refractivity contribution in [2.45, 2.75) is 19.0 Å². The van der Waals surface area contributed by atoms with E-state index in [1.165, 1.54) is 14.2 Å². The molecule has 0 aliphatic rings. The molecule has 0 saturated carbocycles. The lowest BCUT2D eigenvalue weighted by Gasteiger charge is -2.10. The lowest BCUT2D eigenvalue weighted by molar-refractivity contribution is 0.135. The second kappa shape index (κ2) is 6.47. The van der Waals surface area contributed by atoms with Crippen LogP contribution in [0.2, 0.25) is 12.6 Å². The Morgan fingerprint density at radius 3 is 2.15 bits per heavy atom. The molecular formula is C6H15BF2O3Si. The van der Waals surface area contributed by atoms with E-state index in [0.29, 0.717) is 6.42 Å². The van der Waals surface area contributed by atoms with Crippen LogP contribution in [0, 0.1) is 0 Å². The van der Waals surface area contributed by atoms with Crippen LogP contribution in [0.3, 0.4) is 0 Å². The highest BCUT2D eigenvalue weighted by Gasteiger charge is 2.27. The Labute approximate surface area is 78.9 Å². The molecule has 0 aliphatic carbocycles. The molecule has 3 nitrogen and oxygen atoms in total. The second-order valence-electron chi connectivity index (χ2n) is 2.80. The fourth-order valence-corrected chi connectivity index (χ4v) is 1.56. The molecule has 0 aromatic carbocycles. The van der Waals surface area contributed by atoms with Crippen LogP contribution in [0.4, 0.5) is 8.22 Å². The maximum Gasteiger partial charge on any atom is 0.639 e. The Kier molecular flexibility index (Phi) is 6.48. The zero-order valence-electron chi connectivity index (χ0n) is 8.18. The summed E-state index contributed by atoms with van der Waals surface area (Å²) in [4.78, 5) is 0. The first kappa shape index (κ1) is 13.0. The molecule has 0 amide bonds. The molecule has 7 heteroatoms. The Morgan fingerprint density at radius 2 is 1.77 bits per heavy atom. The summed E-state index contributed by atoms with van der Waals surface area (Å²) in [5.41, 5.74) is 0. The highest BCUT2D eigenvalue weighted by atomic mass is 28.4. The van der Waals surface area contributed by atoms with Gasteiger partial charge >= 0.3 is 16.1 Å². The van der Waals surface area contributed by atoms with Crippen molar-refractivity contribution in [3.63, 3.8) is 0 Å². The predicted molar refractivity (Wildman–Crippen MR) is 49.0 cm³/mol. The average molecular weight is 212 g/mol. The molecule has 0 aromatic rings. The van der Waals surface area contributed by atoms with E-state index in [0.717, 1.165) is 6.55 Å². The molecule has 0 aromatic heterocycles. The fourth-order valence-electron chi connectivity index (χ4n) is 0.794. The van der Waals surface area contributed by atoms with Gasteiger partial charge in [0.2, 0.25) is 0 Å². The summed E-state index contributed by atoms with van der Waals surface area (Å²) in [6.45, 7) is 1.26. The van der Waals surface area contributed by atoms with Gasteiger partial charge in [0.15, 0.2) is 0 Å². The van der Waals surface area contributed by atoms with Crippen LogP contribution in [0.25, 0.3) is 0 Å². The van der Waals surface area contributed by atoms with Gasteiger partial charge in [0.05, 0.1) is 0 Å². The summed E-state index contributed by atoms with van der Waals surface area (Å²) in [5.74, 6) is 0. The van der Waals surface area contributed by atoms with Gasteiger partial charge in [-0.05, 0) is 13.0 Å². The van der Waals surface area contributed by atoms with Gasteiger partial charge in [-0.3, -0.25) is 8.22 Å². The van der Waals surface area contributed by atoms with Gasteiger partial charge in [-0.15, -0.1) is 0 Å². The summed E-state index contributed by atoms with van der Waals surface area (Å²) in [7, 11) is -1.80. The maximum atomic E-state index is 12.4. The summed E-state index contributed by atoms with van der Waals surface area (Å²) in [6.07, 6.45) is 0.346. The Balaban J connectivity index is 3.34. The molecule has 0 spiro atoms. The third kappa shape index (κ3) is 8.35. The molecule has 0 aliphatic heterocycles. The van der Waals surface area contributed by atoms with E-state index >= 15 is 0 Å². The van der Waals surface area contributed by atoms with E-state index in [4.69, 9.17) is 14.0 Å². The van der Waals surface area contributed by atoms with E-state index in [1.54, 1.807) is 0 Å². The van der Waals surface area contributed by atoms with Gasteiger partial charge in [-0.2, -0.15) is 0 Å². The molecule has 0 atom stereocenters. The minimum absolute atomic E-state index is 0.0485. The van der Waals surface area contributed by atoms with Gasteiger partial charge in [-0.1, -0.05) is 0 Å². The van der Waals surface area contributed by atoms with E-state index in [1.807, 2.05) is 0 Å². The third-order valence-electron chi connectivity index (χ3n) is 1.40. The minimum Gasteiger partial charge on any atom is -0.389 e. The van der Waals surface area contributed by atoms with Crippen molar-refractivity contribution >= 4 is 16.1 Å². The SMILES string of the molecule is COB(OC)OCCC[Si](C)(F)F. The Morgan fingerprint density at radius 1 is 1.23 bits per heavy atom. The van der Waals surface area contributed by atoms with Crippen molar-refractivity contribution in [2.24, 2.45) is 0 Å².